The second kappa shape index (κ2) is 8.01. The Kier molecular flexibility index (Phi) is 5.33. The minimum atomic E-state index is -0.0415. The minimum absolute atomic E-state index is 0.00551. The summed E-state index contributed by atoms with van der Waals surface area (Å²) in [6.07, 6.45) is 8.08. The zero-order valence-corrected chi connectivity index (χ0v) is 19.0. The van der Waals surface area contributed by atoms with Crippen LogP contribution in [0.4, 0.5) is 5.69 Å². The number of methoxy groups -OCH3 is 1. The average molecular weight is 423 g/mol. The van der Waals surface area contributed by atoms with Gasteiger partial charge in [-0.05, 0) is 49.3 Å². The molecule has 0 N–H and O–H groups in total. The van der Waals surface area contributed by atoms with Crippen molar-refractivity contribution >= 4 is 11.7 Å². The van der Waals surface area contributed by atoms with Gasteiger partial charge in [0.05, 0.1) is 13.0 Å². The fourth-order valence-corrected chi connectivity index (χ4v) is 6.11. The van der Waals surface area contributed by atoms with E-state index in [2.05, 4.69) is 47.9 Å². The number of piperazine rings is 1. The molecule has 31 heavy (non-hydrogen) atoms. The van der Waals surface area contributed by atoms with Gasteiger partial charge in [-0.2, -0.15) is 0 Å². The molecule has 0 spiro atoms. The van der Waals surface area contributed by atoms with E-state index < -0.39 is 0 Å². The van der Waals surface area contributed by atoms with Crippen molar-refractivity contribution in [3.05, 3.63) is 47.6 Å². The average Bonchev–Trinajstić information content (AvgIpc) is 3.06. The van der Waals surface area contributed by atoms with Gasteiger partial charge in [-0.1, -0.05) is 30.7 Å². The van der Waals surface area contributed by atoms with Crippen molar-refractivity contribution < 1.29 is 14.3 Å². The second-order valence-corrected chi connectivity index (χ2v) is 9.92. The molecule has 1 aromatic rings. The summed E-state index contributed by atoms with van der Waals surface area (Å²) < 4.78 is 11.3. The van der Waals surface area contributed by atoms with Crippen LogP contribution in [0.3, 0.4) is 0 Å². The number of hydrogen-bond acceptors (Lipinski definition) is 5. The lowest BCUT2D eigenvalue weighted by Gasteiger charge is -2.43. The zero-order chi connectivity index (χ0) is 21.6. The van der Waals surface area contributed by atoms with Crippen LogP contribution in [0.25, 0.3) is 0 Å². The van der Waals surface area contributed by atoms with Crippen molar-refractivity contribution in [3.8, 4) is 5.75 Å². The Hall–Kier alpha value is -2.27. The van der Waals surface area contributed by atoms with Crippen LogP contribution < -0.4 is 9.64 Å². The molecule has 0 saturated carbocycles. The highest BCUT2D eigenvalue weighted by Crippen LogP contribution is 2.52. The Balaban J connectivity index is 1.26. The maximum Gasteiger partial charge on any atom is 0.311 e. The van der Waals surface area contributed by atoms with Gasteiger partial charge in [-0.15, -0.1) is 0 Å². The summed E-state index contributed by atoms with van der Waals surface area (Å²) in [4.78, 5) is 17.7. The molecule has 1 aromatic carbocycles. The van der Waals surface area contributed by atoms with Crippen LogP contribution in [0.1, 0.15) is 33.1 Å². The van der Waals surface area contributed by atoms with Gasteiger partial charge in [0.25, 0.3) is 0 Å². The third-order valence-electron chi connectivity index (χ3n) is 7.94. The van der Waals surface area contributed by atoms with E-state index in [9.17, 15) is 4.79 Å². The van der Waals surface area contributed by atoms with Crippen LogP contribution in [0, 0.1) is 17.3 Å². The van der Waals surface area contributed by atoms with Crippen LogP contribution in [0.5, 0.6) is 5.75 Å². The summed E-state index contributed by atoms with van der Waals surface area (Å²) in [7, 11) is 1.71. The van der Waals surface area contributed by atoms with Crippen LogP contribution in [0.2, 0.25) is 0 Å². The predicted octanol–water partition coefficient (Wildman–Crippen LogP) is 4.05. The lowest BCUT2D eigenvalue weighted by molar-refractivity contribution is -0.145. The third kappa shape index (κ3) is 3.78. The summed E-state index contributed by atoms with van der Waals surface area (Å²) in [5, 5.41) is 0. The number of rotatable bonds is 4. The van der Waals surface area contributed by atoms with Crippen molar-refractivity contribution in [3.63, 3.8) is 0 Å². The Labute approximate surface area is 185 Å². The van der Waals surface area contributed by atoms with Gasteiger partial charge < -0.3 is 14.4 Å². The summed E-state index contributed by atoms with van der Waals surface area (Å²) in [6.45, 7) is 9.24. The van der Waals surface area contributed by atoms with Gasteiger partial charge in [0, 0.05) is 50.4 Å². The van der Waals surface area contributed by atoms with Gasteiger partial charge in [0.2, 0.25) is 0 Å². The number of nitrogens with zero attached hydrogens (tertiary/aromatic N) is 2. The molecule has 0 radical (unpaired) electrons. The molecule has 0 unspecified atom stereocenters. The van der Waals surface area contributed by atoms with Gasteiger partial charge in [0.1, 0.15) is 11.9 Å². The first-order valence-corrected chi connectivity index (χ1v) is 11.7. The quantitative estimate of drug-likeness (QED) is 0.685. The molecule has 5 nitrogen and oxygen atoms in total. The number of allylic oxidation sites excluding steroid dienone is 3. The first kappa shape index (κ1) is 20.6. The molecule has 2 fully saturated rings. The molecule has 0 aromatic heterocycles. The molecule has 0 amide bonds. The topological polar surface area (TPSA) is 42.0 Å². The van der Waals surface area contributed by atoms with Crippen LogP contribution in [-0.2, 0) is 9.53 Å². The first-order chi connectivity index (χ1) is 15.0. The highest BCUT2D eigenvalue weighted by molar-refractivity contribution is 5.76. The van der Waals surface area contributed by atoms with Gasteiger partial charge >= 0.3 is 5.97 Å². The number of hydrogen-bond donors (Lipinski definition) is 0. The van der Waals surface area contributed by atoms with Crippen molar-refractivity contribution in [1.82, 2.24) is 4.90 Å². The van der Waals surface area contributed by atoms with Crippen molar-refractivity contribution in [2.75, 3.05) is 44.7 Å². The Bertz CT molecular complexity index is 915. The molecule has 2 aliphatic carbocycles. The van der Waals surface area contributed by atoms with E-state index in [1.54, 1.807) is 7.11 Å². The lowest BCUT2D eigenvalue weighted by Crippen LogP contribution is -2.49. The molecule has 5 heteroatoms. The number of anilines is 1. The van der Waals surface area contributed by atoms with Gasteiger partial charge in [-0.3, -0.25) is 9.69 Å². The van der Waals surface area contributed by atoms with E-state index in [0.29, 0.717) is 0 Å². The molecule has 4 aliphatic rings. The Morgan fingerprint density at radius 2 is 2.03 bits per heavy atom. The summed E-state index contributed by atoms with van der Waals surface area (Å²) >= 11 is 0. The molecule has 2 saturated heterocycles. The highest BCUT2D eigenvalue weighted by Gasteiger charge is 2.51. The summed E-state index contributed by atoms with van der Waals surface area (Å²) in [5.41, 5.74) is 4.23. The largest absolute Gasteiger partial charge is 0.497 e. The predicted molar refractivity (Wildman–Crippen MR) is 122 cm³/mol. The standard InChI is InChI=1S/C26H34N2O3/c1-18-6-5-9-26(2)16-24-21(15-23(18)26)22(25(29)31-24)17-27-10-12-28(13-11-27)19-7-4-8-20(14-19)30-3/h4,6-8,14-15,21-22,24H,5,9-13,16-17H2,1-3H3/t21-,22+,24+,26-/m0/s1. The van der Waals surface area contributed by atoms with Crippen LogP contribution in [0.15, 0.2) is 47.6 Å². The SMILES string of the molecule is COc1cccc(N2CCN(C[C@H]3C(=O)O[C@@H]4C[C@]5(C)CCC=C(C)C5=C[C@H]43)CC2)c1. The van der Waals surface area contributed by atoms with Gasteiger partial charge in [0.15, 0.2) is 0 Å². The molecular weight excluding hydrogens is 388 g/mol. The smallest absolute Gasteiger partial charge is 0.311 e. The lowest BCUT2D eigenvalue weighted by atomic mass is 9.62. The molecule has 0 bridgehead atoms. The third-order valence-corrected chi connectivity index (χ3v) is 7.94. The van der Waals surface area contributed by atoms with E-state index >= 15 is 0 Å². The highest BCUT2D eigenvalue weighted by atomic mass is 16.6. The van der Waals surface area contributed by atoms with Gasteiger partial charge in [-0.25, -0.2) is 0 Å². The molecule has 4 atom stereocenters. The zero-order valence-electron chi connectivity index (χ0n) is 19.0. The fraction of sp³-hybridized carbons (Fsp3) is 0.577. The maximum atomic E-state index is 12.8. The van der Waals surface area contributed by atoms with Crippen LogP contribution in [-0.4, -0.2) is 56.8 Å². The fourth-order valence-electron chi connectivity index (χ4n) is 6.11. The second-order valence-electron chi connectivity index (χ2n) is 9.92. The molecule has 2 heterocycles. The number of benzene rings is 1. The number of carbonyl (C=O) groups is 1. The van der Waals surface area contributed by atoms with Crippen molar-refractivity contribution in [2.24, 2.45) is 17.3 Å². The maximum absolute atomic E-state index is 12.8. The molecule has 2 aliphatic heterocycles. The summed E-state index contributed by atoms with van der Waals surface area (Å²) in [5.74, 6) is 1.07. The van der Waals surface area contributed by atoms with E-state index in [0.717, 1.165) is 57.7 Å². The van der Waals surface area contributed by atoms with Crippen molar-refractivity contribution in [2.45, 2.75) is 39.2 Å². The van der Waals surface area contributed by atoms with E-state index in [1.807, 2.05) is 12.1 Å². The monoisotopic (exact) mass is 422 g/mol. The number of fused-ring (bicyclic) bond motifs is 2. The minimum Gasteiger partial charge on any atom is -0.497 e. The Morgan fingerprint density at radius 3 is 2.81 bits per heavy atom. The number of ether oxygens (including phenoxy) is 2. The van der Waals surface area contributed by atoms with Crippen molar-refractivity contribution in [1.29, 1.82) is 0 Å². The first-order valence-electron chi connectivity index (χ1n) is 11.7. The Morgan fingerprint density at radius 1 is 1.23 bits per heavy atom. The summed E-state index contributed by atoms with van der Waals surface area (Å²) in [6, 6.07) is 8.26. The normalized spacial score (nSPS) is 33.2. The van der Waals surface area contributed by atoms with E-state index in [4.69, 9.17) is 9.47 Å². The molecule has 166 valence electrons. The number of carbonyl (C=O) groups excluding carboxylic acids is 1. The van der Waals surface area contributed by atoms with E-state index in [1.165, 1.54) is 16.8 Å². The number of esters is 1. The molecule has 5 rings (SSSR count). The molecular formula is C26H34N2O3. The van der Waals surface area contributed by atoms with E-state index in [-0.39, 0.29) is 29.3 Å². The van der Waals surface area contributed by atoms with Crippen LogP contribution >= 0.6 is 0 Å².